The lowest BCUT2D eigenvalue weighted by Gasteiger charge is -2.33. The summed E-state index contributed by atoms with van der Waals surface area (Å²) in [5, 5.41) is 9.86. The molecule has 27 heavy (non-hydrogen) atoms. The molecule has 1 amide bonds. The standard InChI is InChI=1S/C22H31NO4/c1-21(2,3)27-20(26)23(4)15-9-11-17-10-8-12-18(16-17)22(19(24)25)13-6-5-7-14-22/h8-12,16H,5-7,13-15H2,1-4H3,(H,24,25)/b11-9+. The number of benzene rings is 1. The minimum absolute atomic E-state index is 0.368. The Kier molecular flexibility index (Phi) is 6.68. The Morgan fingerprint density at radius 1 is 1.22 bits per heavy atom. The highest BCUT2D eigenvalue weighted by molar-refractivity contribution is 5.82. The number of nitrogens with zero attached hydrogens (tertiary/aromatic N) is 1. The highest BCUT2D eigenvalue weighted by Gasteiger charge is 2.41. The molecular formula is C22H31NO4. The number of carbonyl (C=O) groups excluding carboxylic acids is 1. The van der Waals surface area contributed by atoms with Crippen molar-refractivity contribution in [1.82, 2.24) is 4.90 Å². The number of likely N-dealkylation sites (N-methyl/N-ethyl adjacent to an activating group) is 1. The van der Waals surface area contributed by atoms with Crippen molar-refractivity contribution < 1.29 is 19.4 Å². The average Bonchev–Trinajstić information content (AvgIpc) is 2.61. The molecule has 1 N–H and O–H groups in total. The van der Waals surface area contributed by atoms with Gasteiger partial charge in [0.1, 0.15) is 5.60 Å². The van der Waals surface area contributed by atoms with Crippen molar-refractivity contribution in [2.24, 2.45) is 0 Å². The van der Waals surface area contributed by atoms with Crippen LogP contribution in [-0.2, 0) is 14.9 Å². The smallest absolute Gasteiger partial charge is 0.410 e. The molecule has 5 heteroatoms. The van der Waals surface area contributed by atoms with Gasteiger partial charge in [0, 0.05) is 13.6 Å². The first-order valence-electron chi connectivity index (χ1n) is 9.59. The van der Waals surface area contributed by atoms with E-state index in [1.54, 1.807) is 7.05 Å². The second kappa shape index (κ2) is 8.59. The van der Waals surface area contributed by atoms with E-state index < -0.39 is 17.0 Å². The Hall–Kier alpha value is -2.30. The molecule has 1 aliphatic rings. The SMILES string of the molecule is CN(C/C=C/c1cccc(C2(C(=O)O)CCCCC2)c1)C(=O)OC(C)(C)C. The molecule has 0 aliphatic heterocycles. The van der Waals surface area contributed by atoms with Crippen molar-refractivity contribution >= 4 is 18.1 Å². The maximum atomic E-state index is 12.0. The zero-order valence-electron chi connectivity index (χ0n) is 16.8. The predicted octanol–water partition coefficient (Wildman–Crippen LogP) is 4.85. The Balaban J connectivity index is 2.08. The lowest BCUT2D eigenvalue weighted by Crippen LogP contribution is -2.37. The molecule has 1 saturated carbocycles. The number of hydrogen-bond donors (Lipinski definition) is 1. The average molecular weight is 373 g/mol. The normalized spacial score (nSPS) is 16.9. The summed E-state index contributed by atoms with van der Waals surface area (Å²) in [6.45, 7) is 5.93. The van der Waals surface area contributed by atoms with E-state index in [2.05, 4.69) is 0 Å². The van der Waals surface area contributed by atoms with Gasteiger partial charge in [0.05, 0.1) is 5.41 Å². The number of hydrogen-bond acceptors (Lipinski definition) is 3. The van der Waals surface area contributed by atoms with E-state index in [1.165, 1.54) is 4.90 Å². The Morgan fingerprint density at radius 3 is 2.48 bits per heavy atom. The third kappa shape index (κ3) is 5.59. The van der Waals surface area contributed by atoms with E-state index in [4.69, 9.17) is 4.74 Å². The highest BCUT2D eigenvalue weighted by Crippen LogP contribution is 2.40. The summed E-state index contributed by atoms with van der Waals surface area (Å²) < 4.78 is 5.33. The van der Waals surface area contributed by atoms with E-state index in [1.807, 2.05) is 57.2 Å². The van der Waals surface area contributed by atoms with Crippen LogP contribution in [0.5, 0.6) is 0 Å². The van der Waals surface area contributed by atoms with Crippen LogP contribution in [0.3, 0.4) is 0 Å². The molecule has 1 aromatic rings. The number of amides is 1. The number of aliphatic carboxylic acids is 1. The van der Waals surface area contributed by atoms with E-state index >= 15 is 0 Å². The highest BCUT2D eigenvalue weighted by atomic mass is 16.6. The second-order valence-corrected chi connectivity index (χ2v) is 8.34. The van der Waals surface area contributed by atoms with Gasteiger partial charge in [-0.3, -0.25) is 4.79 Å². The summed E-state index contributed by atoms with van der Waals surface area (Å²) in [5.41, 5.74) is 0.526. The summed E-state index contributed by atoms with van der Waals surface area (Å²) >= 11 is 0. The van der Waals surface area contributed by atoms with Gasteiger partial charge < -0.3 is 14.7 Å². The van der Waals surface area contributed by atoms with Crippen LogP contribution in [0.25, 0.3) is 6.08 Å². The fraction of sp³-hybridized carbons (Fsp3) is 0.545. The first kappa shape index (κ1) is 21.0. The van der Waals surface area contributed by atoms with Crippen LogP contribution in [-0.4, -0.2) is 41.3 Å². The van der Waals surface area contributed by atoms with Gasteiger partial charge in [0.2, 0.25) is 0 Å². The summed E-state index contributed by atoms with van der Waals surface area (Å²) in [4.78, 5) is 25.5. The molecule has 0 unspecified atom stereocenters. The Bertz CT molecular complexity index is 697. The van der Waals surface area contributed by atoms with Gasteiger partial charge in [-0.15, -0.1) is 0 Å². The van der Waals surface area contributed by atoms with Crippen molar-refractivity contribution in [2.45, 2.75) is 63.9 Å². The van der Waals surface area contributed by atoms with Gasteiger partial charge in [-0.1, -0.05) is 55.7 Å². The summed E-state index contributed by atoms with van der Waals surface area (Å²) in [6, 6.07) is 7.74. The summed E-state index contributed by atoms with van der Waals surface area (Å²) in [6.07, 6.45) is 7.83. The monoisotopic (exact) mass is 373 g/mol. The molecule has 1 aromatic carbocycles. The topological polar surface area (TPSA) is 66.8 Å². The molecular weight excluding hydrogens is 342 g/mol. The van der Waals surface area contributed by atoms with Gasteiger partial charge in [-0.2, -0.15) is 0 Å². The molecule has 1 fully saturated rings. The second-order valence-electron chi connectivity index (χ2n) is 8.34. The molecule has 0 radical (unpaired) electrons. The largest absolute Gasteiger partial charge is 0.481 e. The third-order valence-electron chi connectivity index (χ3n) is 4.95. The fourth-order valence-corrected chi connectivity index (χ4v) is 3.48. The van der Waals surface area contributed by atoms with Crippen LogP contribution >= 0.6 is 0 Å². The first-order valence-corrected chi connectivity index (χ1v) is 9.59. The molecule has 0 aromatic heterocycles. The van der Waals surface area contributed by atoms with Gasteiger partial charge in [-0.25, -0.2) is 4.79 Å². The van der Waals surface area contributed by atoms with Crippen LogP contribution in [0.1, 0.15) is 64.0 Å². The first-order chi connectivity index (χ1) is 12.6. The van der Waals surface area contributed by atoms with Gasteiger partial charge in [0.15, 0.2) is 0 Å². The van der Waals surface area contributed by atoms with Crippen molar-refractivity contribution in [3.63, 3.8) is 0 Å². The van der Waals surface area contributed by atoms with Gasteiger partial charge >= 0.3 is 12.1 Å². The maximum Gasteiger partial charge on any atom is 0.410 e. The molecule has 0 bridgehead atoms. The summed E-state index contributed by atoms with van der Waals surface area (Å²) in [7, 11) is 1.69. The molecule has 148 valence electrons. The fourth-order valence-electron chi connectivity index (χ4n) is 3.48. The Labute approximate surface area is 162 Å². The number of rotatable bonds is 5. The van der Waals surface area contributed by atoms with Crippen molar-refractivity contribution in [1.29, 1.82) is 0 Å². The van der Waals surface area contributed by atoms with Crippen LogP contribution in [0.15, 0.2) is 30.3 Å². The zero-order valence-corrected chi connectivity index (χ0v) is 16.8. The van der Waals surface area contributed by atoms with Crippen molar-refractivity contribution in [3.05, 3.63) is 41.5 Å². The number of carboxylic acids is 1. The van der Waals surface area contributed by atoms with Crippen LogP contribution < -0.4 is 0 Å². The predicted molar refractivity (Wildman–Crippen MR) is 107 cm³/mol. The minimum atomic E-state index is -0.768. The minimum Gasteiger partial charge on any atom is -0.481 e. The third-order valence-corrected chi connectivity index (χ3v) is 4.95. The molecule has 0 atom stereocenters. The molecule has 0 heterocycles. The van der Waals surface area contributed by atoms with Gasteiger partial charge in [-0.05, 0) is 44.7 Å². The number of carboxylic acid groups (broad SMARTS) is 1. The van der Waals surface area contributed by atoms with E-state index in [9.17, 15) is 14.7 Å². The molecule has 0 saturated heterocycles. The molecule has 5 nitrogen and oxygen atoms in total. The van der Waals surface area contributed by atoms with Crippen LogP contribution in [0.4, 0.5) is 4.79 Å². The lowest BCUT2D eigenvalue weighted by molar-refractivity contribution is -0.145. The number of carbonyl (C=O) groups is 2. The quantitative estimate of drug-likeness (QED) is 0.801. The summed E-state index contributed by atoms with van der Waals surface area (Å²) in [5.74, 6) is -0.729. The zero-order chi connectivity index (χ0) is 20.1. The van der Waals surface area contributed by atoms with E-state index in [0.717, 1.165) is 30.4 Å². The van der Waals surface area contributed by atoms with E-state index in [-0.39, 0.29) is 6.09 Å². The Morgan fingerprint density at radius 2 is 1.89 bits per heavy atom. The van der Waals surface area contributed by atoms with E-state index in [0.29, 0.717) is 19.4 Å². The van der Waals surface area contributed by atoms with Crippen LogP contribution in [0, 0.1) is 0 Å². The molecule has 0 spiro atoms. The lowest BCUT2D eigenvalue weighted by atomic mass is 9.69. The number of ether oxygens (including phenoxy) is 1. The maximum absolute atomic E-state index is 12.0. The van der Waals surface area contributed by atoms with Gasteiger partial charge in [0.25, 0.3) is 0 Å². The van der Waals surface area contributed by atoms with Crippen molar-refractivity contribution in [2.75, 3.05) is 13.6 Å². The van der Waals surface area contributed by atoms with Crippen LogP contribution in [0.2, 0.25) is 0 Å². The molecule has 2 rings (SSSR count). The molecule has 1 aliphatic carbocycles. The van der Waals surface area contributed by atoms with Crippen molar-refractivity contribution in [3.8, 4) is 0 Å².